The Hall–Kier alpha value is -1.86. The summed E-state index contributed by atoms with van der Waals surface area (Å²) in [4.78, 5) is 14.8. The van der Waals surface area contributed by atoms with Crippen LogP contribution in [-0.4, -0.2) is 35.0 Å². The molecule has 0 spiro atoms. The number of rotatable bonds is 5. The number of aromatic nitrogens is 1. The fourth-order valence-electron chi connectivity index (χ4n) is 1.40. The van der Waals surface area contributed by atoms with Crippen molar-refractivity contribution in [3.05, 3.63) is 23.0 Å². The van der Waals surface area contributed by atoms with Gasteiger partial charge < -0.3 is 9.84 Å². The number of hydrogen-bond donors (Lipinski definition) is 1. The van der Waals surface area contributed by atoms with Gasteiger partial charge in [-0.3, -0.25) is 4.98 Å². The Morgan fingerprint density at radius 2 is 2.05 bits per heavy atom. The Morgan fingerprint density at radius 1 is 1.47 bits per heavy atom. The van der Waals surface area contributed by atoms with E-state index in [1.807, 2.05) is 0 Å². The van der Waals surface area contributed by atoms with Crippen LogP contribution in [0.4, 0.5) is 17.6 Å². The van der Waals surface area contributed by atoms with Crippen LogP contribution < -0.4 is 4.74 Å². The van der Waals surface area contributed by atoms with Gasteiger partial charge in [0.2, 0.25) is 0 Å². The first-order valence-corrected chi connectivity index (χ1v) is 5.15. The Bertz CT molecular complexity index is 491. The molecular weight excluding hydrogens is 270 g/mol. The second kappa shape index (κ2) is 5.41. The van der Waals surface area contributed by atoms with E-state index in [1.165, 1.54) is 13.8 Å². The van der Waals surface area contributed by atoms with Gasteiger partial charge in [0.05, 0.1) is 5.69 Å². The SMILES string of the molecule is Cc1cc(OCC(F)(F)C(F)F)c(C(=O)O)c(C)n1. The number of carboxylic acids is 1. The third-order valence-electron chi connectivity index (χ3n) is 2.25. The lowest BCUT2D eigenvalue weighted by Crippen LogP contribution is -2.34. The summed E-state index contributed by atoms with van der Waals surface area (Å²) >= 11 is 0. The standard InChI is InChI=1S/C11H11F4NO3/c1-5-3-7(8(9(17)18)6(2)16-5)19-4-11(14,15)10(12)13/h3,10H,4H2,1-2H3,(H,17,18). The van der Waals surface area contributed by atoms with E-state index in [-0.39, 0.29) is 5.69 Å². The van der Waals surface area contributed by atoms with Gasteiger partial charge in [-0.15, -0.1) is 0 Å². The van der Waals surface area contributed by atoms with Crippen LogP contribution in [0.15, 0.2) is 6.07 Å². The van der Waals surface area contributed by atoms with Crippen molar-refractivity contribution in [1.82, 2.24) is 4.98 Å². The highest BCUT2D eigenvalue weighted by molar-refractivity contribution is 5.92. The molecular formula is C11H11F4NO3. The number of carbonyl (C=O) groups is 1. The molecule has 0 bridgehead atoms. The van der Waals surface area contributed by atoms with Gasteiger partial charge in [0.25, 0.3) is 0 Å². The van der Waals surface area contributed by atoms with Crippen molar-refractivity contribution in [2.24, 2.45) is 0 Å². The molecule has 0 aromatic carbocycles. The molecule has 0 saturated carbocycles. The van der Waals surface area contributed by atoms with Gasteiger partial charge in [-0.05, 0) is 13.8 Å². The zero-order valence-electron chi connectivity index (χ0n) is 10.1. The molecule has 0 unspecified atom stereocenters. The predicted molar refractivity (Wildman–Crippen MR) is 57.1 cm³/mol. The van der Waals surface area contributed by atoms with Crippen molar-refractivity contribution in [1.29, 1.82) is 0 Å². The molecule has 0 aliphatic heterocycles. The highest BCUT2D eigenvalue weighted by Crippen LogP contribution is 2.27. The highest BCUT2D eigenvalue weighted by atomic mass is 19.3. The van der Waals surface area contributed by atoms with Crippen molar-refractivity contribution in [2.45, 2.75) is 26.2 Å². The Morgan fingerprint density at radius 3 is 2.53 bits per heavy atom. The van der Waals surface area contributed by atoms with Gasteiger partial charge in [0, 0.05) is 11.8 Å². The summed E-state index contributed by atoms with van der Waals surface area (Å²) in [7, 11) is 0. The van der Waals surface area contributed by atoms with Gasteiger partial charge in [-0.2, -0.15) is 8.78 Å². The molecule has 0 fully saturated rings. The van der Waals surface area contributed by atoms with E-state index in [0.717, 1.165) is 6.07 Å². The average molecular weight is 281 g/mol. The maximum atomic E-state index is 12.7. The lowest BCUT2D eigenvalue weighted by Gasteiger charge is -2.17. The van der Waals surface area contributed by atoms with Crippen LogP contribution in [0.1, 0.15) is 21.7 Å². The normalized spacial score (nSPS) is 11.7. The number of pyridine rings is 1. The van der Waals surface area contributed by atoms with Crippen LogP contribution in [0.3, 0.4) is 0 Å². The van der Waals surface area contributed by atoms with E-state index in [2.05, 4.69) is 9.72 Å². The number of hydrogen-bond acceptors (Lipinski definition) is 3. The number of carboxylic acid groups (broad SMARTS) is 1. The summed E-state index contributed by atoms with van der Waals surface area (Å²) in [6.07, 6.45) is -3.88. The van der Waals surface area contributed by atoms with Gasteiger partial charge in [-0.25, -0.2) is 13.6 Å². The molecule has 1 heterocycles. The summed E-state index contributed by atoms with van der Waals surface area (Å²) in [6, 6.07) is 1.11. The summed E-state index contributed by atoms with van der Waals surface area (Å²) in [5.74, 6) is -6.18. The molecule has 0 saturated heterocycles. The zero-order chi connectivity index (χ0) is 14.8. The Kier molecular flexibility index (Phi) is 4.33. The molecule has 1 aromatic rings. The molecule has 0 amide bonds. The maximum absolute atomic E-state index is 12.7. The Balaban J connectivity index is 3.04. The number of ether oxygens (including phenoxy) is 1. The van der Waals surface area contributed by atoms with Crippen LogP contribution in [0.25, 0.3) is 0 Å². The largest absolute Gasteiger partial charge is 0.486 e. The predicted octanol–water partition coefficient (Wildman–Crippen LogP) is 2.68. The van der Waals surface area contributed by atoms with Gasteiger partial charge in [-0.1, -0.05) is 0 Å². The topological polar surface area (TPSA) is 59.4 Å². The van der Waals surface area contributed by atoms with Crippen molar-refractivity contribution in [3.8, 4) is 5.75 Å². The monoisotopic (exact) mass is 281 g/mol. The van der Waals surface area contributed by atoms with Crippen molar-refractivity contribution >= 4 is 5.97 Å². The Labute approximate surface area is 106 Å². The maximum Gasteiger partial charge on any atom is 0.341 e. The number of aryl methyl sites for hydroxylation is 2. The summed E-state index contributed by atoms with van der Waals surface area (Å²) < 4.78 is 53.9. The smallest absolute Gasteiger partial charge is 0.341 e. The fourth-order valence-corrected chi connectivity index (χ4v) is 1.40. The van der Waals surface area contributed by atoms with Gasteiger partial charge in [0.15, 0.2) is 6.61 Å². The number of nitrogens with zero attached hydrogens (tertiary/aromatic N) is 1. The van der Waals surface area contributed by atoms with Crippen LogP contribution in [-0.2, 0) is 0 Å². The second-order valence-electron chi connectivity index (χ2n) is 3.88. The van der Waals surface area contributed by atoms with Crippen LogP contribution in [0.5, 0.6) is 5.75 Å². The minimum Gasteiger partial charge on any atom is -0.486 e. The van der Waals surface area contributed by atoms with E-state index in [1.54, 1.807) is 0 Å². The first kappa shape index (κ1) is 15.2. The quantitative estimate of drug-likeness (QED) is 0.843. The fraction of sp³-hybridized carbons (Fsp3) is 0.455. The molecule has 0 atom stereocenters. The molecule has 19 heavy (non-hydrogen) atoms. The number of alkyl halides is 4. The van der Waals surface area contributed by atoms with E-state index in [4.69, 9.17) is 5.11 Å². The lowest BCUT2D eigenvalue weighted by atomic mass is 10.1. The summed E-state index contributed by atoms with van der Waals surface area (Å²) in [5, 5.41) is 8.92. The lowest BCUT2D eigenvalue weighted by molar-refractivity contribution is -0.148. The minimum absolute atomic E-state index is 0.0582. The summed E-state index contributed by atoms with van der Waals surface area (Å²) in [5.41, 5.74) is -0.0311. The van der Waals surface area contributed by atoms with E-state index >= 15 is 0 Å². The first-order valence-electron chi connectivity index (χ1n) is 5.15. The molecule has 0 aliphatic rings. The van der Waals surface area contributed by atoms with E-state index in [9.17, 15) is 22.4 Å². The molecule has 0 radical (unpaired) electrons. The molecule has 8 heteroatoms. The number of halogens is 4. The average Bonchev–Trinajstić information content (AvgIpc) is 2.24. The third-order valence-corrected chi connectivity index (χ3v) is 2.25. The molecule has 1 N–H and O–H groups in total. The van der Waals surface area contributed by atoms with Crippen molar-refractivity contribution < 1.29 is 32.2 Å². The minimum atomic E-state index is -4.35. The molecule has 4 nitrogen and oxygen atoms in total. The highest BCUT2D eigenvalue weighted by Gasteiger charge is 2.42. The van der Waals surface area contributed by atoms with Crippen molar-refractivity contribution in [2.75, 3.05) is 6.61 Å². The molecule has 1 aromatic heterocycles. The van der Waals surface area contributed by atoms with Gasteiger partial charge in [0.1, 0.15) is 11.3 Å². The van der Waals surface area contributed by atoms with E-state index in [0.29, 0.717) is 5.69 Å². The molecule has 0 aliphatic carbocycles. The molecule has 106 valence electrons. The van der Waals surface area contributed by atoms with Crippen LogP contribution in [0.2, 0.25) is 0 Å². The second-order valence-corrected chi connectivity index (χ2v) is 3.88. The third kappa shape index (κ3) is 3.55. The summed E-state index contributed by atoms with van der Waals surface area (Å²) in [6.45, 7) is 1.25. The number of aromatic carboxylic acids is 1. The van der Waals surface area contributed by atoms with Crippen molar-refractivity contribution in [3.63, 3.8) is 0 Å². The first-order chi connectivity index (χ1) is 8.65. The van der Waals surface area contributed by atoms with Crippen LogP contribution in [0, 0.1) is 13.8 Å². The zero-order valence-corrected chi connectivity index (χ0v) is 10.1. The van der Waals surface area contributed by atoms with Crippen LogP contribution >= 0.6 is 0 Å². The molecule has 1 rings (SSSR count). The van der Waals surface area contributed by atoms with Gasteiger partial charge >= 0.3 is 18.3 Å². The van der Waals surface area contributed by atoms with E-state index < -0.39 is 36.2 Å².